The largest absolute Gasteiger partial charge is 0.487 e. The van der Waals surface area contributed by atoms with Crippen LogP contribution in [0.5, 0.6) is 5.75 Å². The Balaban J connectivity index is 2.09. The summed E-state index contributed by atoms with van der Waals surface area (Å²) in [7, 11) is 0. The highest BCUT2D eigenvalue weighted by Gasteiger charge is 2.08. The topological polar surface area (TPSA) is 21.3 Å². The predicted octanol–water partition coefficient (Wildman–Crippen LogP) is 4.17. The average Bonchev–Trinajstić information content (AvgIpc) is 2.46. The molecular formula is C16H17ClFNO. The lowest BCUT2D eigenvalue weighted by atomic mass is 10.2. The predicted molar refractivity (Wildman–Crippen MR) is 79.6 cm³/mol. The fourth-order valence-corrected chi connectivity index (χ4v) is 2.10. The van der Waals surface area contributed by atoms with Gasteiger partial charge in [-0.2, -0.15) is 0 Å². The molecule has 2 nitrogen and oxygen atoms in total. The summed E-state index contributed by atoms with van der Waals surface area (Å²) in [4.78, 5) is 0. The zero-order chi connectivity index (χ0) is 14.4. The smallest absolute Gasteiger partial charge is 0.142 e. The number of rotatable bonds is 6. The van der Waals surface area contributed by atoms with Crippen LogP contribution < -0.4 is 10.1 Å². The Morgan fingerprint density at radius 1 is 1.15 bits per heavy atom. The fraction of sp³-hybridized carbons (Fsp3) is 0.250. The van der Waals surface area contributed by atoms with Gasteiger partial charge < -0.3 is 10.1 Å². The lowest BCUT2D eigenvalue weighted by Crippen LogP contribution is -2.13. The van der Waals surface area contributed by atoms with Gasteiger partial charge in [0.25, 0.3) is 0 Å². The molecule has 0 unspecified atom stereocenters. The molecule has 0 amide bonds. The number of ether oxygens (including phenoxy) is 1. The van der Waals surface area contributed by atoms with Crippen molar-refractivity contribution in [2.75, 3.05) is 6.54 Å². The third kappa shape index (κ3) is 3.95. The van der Waals surface area contributed by atoms with Gasteiger partial charge in [0.15, 0.2) is 0 Å². The van der Waals surface area contributed by atoms with Crippen molar-refractivity contribution < 1.29 is 9.13 Å². The van der Waals surface area contributed by atoms with Crippen molar-refractivity contribution in [3.05, 3.63) is 64.4 Å². The van der Waals surface area contributed by atoms with Crippen LogP contribution in [0.3, 0.4) is 0 Å². The van der Waals surface area contributed by atoms with Crippen molar-refractivity contribution in [2.45, 2.75) is 20.1 Å². The molecule has 0 aliphatic rings. The summed E-state index contributed by atoms with van der Waals surface area (Å²) in [5, 5.41) is 3.84. The SMILES string of the molecule is CCNCc1cccc(Cl)c1OCc1ccc(F)cc1. The molecule has 0 heterocycles. The van der Waals surface area contributed by atoms with Crippen molar-refractivity contribution in [2.24, 2.45) is 0 Å². The summed E-state index contributed by atoms with van der Waals surface area (Å²) in [6, 6.07) is 11.9. The highest BCUT2D eigenvalue weighted by Crippen LogP contribution is 2.29. The molecule has 2 rings (SSSR count). The highest BCUT2D eigenvalue weighted by atomic mass is 35.5. The van der Waals surface area contributed by atoms with Gasteiger partial charge in [0.2, 0.25) is 0 Å². The summed E-state index contributed by atoms with van der Waals surface area (Å²) in [5.41, 5.74) is 1.92. The molecule has 2 aromatic carbocycles. The van der Waals surface area contributed by atoms with Gasteiger partial charge in [-0.15, -0.1) is 0 Å². The Morgan fingerprint density at radius 3 is 2.60 bits per heavy atom. The average molecular weight is 294 g/mol. The van der Waals surface area contributed by atoms with Crippen molar-refractivity contribution in [3.63, 3.8) is 0 Å². The van der Waals surface area contributed by atoms with Crippen LogP contribution in [0.4, 0.5) is 4.39 Å². The van der Waals surface area contributed by atoms with Crippen LogP contribution in [0.2, 0.25) is 5.02 Å². The minimum absolute atomic E-state index is 0.251. The molecule has 0 aromatic heterocycles. The molecule has 0 saturated carbocycles. The third-order valence-electron chi connectivity index (χ3n) is 2.91. The van der Waals surface area contributed by atoms with E-state index in [0.29, 0.717) is 23.9 Å². The molecule has 0 fully saturated rings. The molecular weight excluding hydrogens is 277 g/mol. The second-order valence-corrected chi connectivity index (χ2v) is 4.83. The first-order valence-corrected chi connectivity index (χ1v) is 6.94. The Kier molecular flexibility index (Phi) is 5.39. The lowest BCUT2D eigenvalue weighted by molar-refractivity contribution is 0.302. The van der Waals surface area contributed by atoms with Crippen molar-refractivity contribution in [1.82, 2.24) is 5.32 Å². The normalized spacial score (nSPS) is 10.6. The van der Waals surface area contributed by atoms with Crippen molar-refractivity contribution in [3.8, 4) is 5.75 Å². The van der Waals surface area contributed by atoms with E-state index in [9.17, 15) is 4.39 Å². The first-order valence-electron chi connectivity index (χ1n) is 6.56. The maximum absolute atomic E-state index is 12.8. The molecule has 0 saturated heterocycles. The van der Waals surface area contributed by atoms with Crippen LogP contribution in [0.25, 0.3) is 0 Å². The van der Waals surface area contributed by atoms with Crippen molar-refractivity contribution in [1.29, 1.82) is 0 Å². The van der Waals surface area contributed by atoms with E-state index in [1.165, 1.54) is 12.1 Å². The molecule has 0 aliphatic carbocycles. The molecule has 4 heteroatoms. The molecule has 0 bridgehead atoms. The second kappa shape index (κ2) is 7.27. The van der Waals surface area contributed by atoms with E-state index in [-0.39, 0.29) is 5.82 Å². The summed E-state index contributed by atoms with van der Waals surface area (Å²) in [6.45, 7) is 3.99. The number of para-hydroxylation sites is 1. The van der Waals surface area contributed by atoms with Gasteiger partial charge in [-0.05, 0) is 30.3 Å². The fourth-order valence-electron chi connectivity index (χ4n) is 1.85. The first kappa shape index (κ1) is 14.8. The number of benzene rings is 2. The minimum Gasteiger partial charge on any atom is -0.487 e. The van der Waals surface area contributed by atoms with Crippen LogP contribution >= 0.6 is 11.6 Å². The molecule has 0 spiro atoms. The Bertz CT molecular complexity index is 557. The minimum atomic E-state index is -0.251. The first-order chi connectivity index (χ1) is 9.70. The van der Waals surface area contributed by atoms with E-state index >= 15 is 0 Å². The van der Waals surface area contributed by atoms with Crippen LogP contribution in [0, 0.1) is 5.82 Å². The van der Waals surface area contributed by atoms with E-state index in [1.54, 1.807) is 18.2 Å². The molecule has 0 radical (unpaired) electrons. The van der Waals surface area contributed by atoms with Gasteiger partial charge in [0.05, 0.1) is 5.02 Å². The summed E-state index contributed by atoms with van der Waals surface area (Å²) in [5.74, 6) is 0.429. The maximum Gasteiger partial charge on any atom is 0.142 e. The van der Waals surface area contributed by atoms with Gasteiger partial charge in [-0.3, -0.25) is 0 Å². The van der Waals surface area contributed by atoms with Crippen LogP contribution in [0.1, 0.15) is 18.1 Å². The Hall–Kier alpha value is -1.58. The third-order valence-corrected chi connectivity index (χ3v) is 3.21. The zero-order valence-electron chi connectivity index (χ0n) is 11.3. The van der Waals surface area contributed by atoms with Gasteiger partial charge in [-0.1, -0.05) is 42.8 Å². The molecule has 0 aliphatic heterocycles. The van der Waals surface area contributed by atoms with Crippen LogP contribution in [0.15, 0.2) is 42.5 Å². The van der Waals surface area contributed by atoms with E-state index in [1.807, 2.05) is 19.1 Å². The number of hydrogen-bond donors (Lipinski definition) is 1. The van der Waals surface area contributed by atoms with Gasteiger partial charge >= 0.3 is 0 Å². The standard InChI is InChI=1S/C16H17ClFNO/c1-2-19-10-13-4-3-5-15(17)16(13)20-11-12-6-8-14(18)9-7-12/h3-9,19H,2,10-11H2,1H3. The van der Waals surface area contributed by atoms with Crippen molar-refractivity contribution >= 4 is 11.6 Å². The zero-order valence-corrected chi connectivity index (χ0v) is 12.1. The van der Waals surface area contributed by atoms with Crippen LogP contribution in [-0.2, 0) is 13.2 Å². The number of hydrogen-bond acceptors (Lipinski definition) is 2. The maximum atomic E-state index is 12.8. The van der Waals surface area contributed by atoms with E-state index < -0.39 is 0 Å². The molecule has 2 aromatic rings. The molecule has 0 atom stereocenters. The van der Waals surface area contributed by atoms with E-state index in [0.717, 1.165) is 17.7 Å². The Morgan fingerprint density at radius 2 is 1.90 bits per heavy atom. The van der Waals surface area contributed by atoms with E-state index in [2.05, 4.69) is 5.32 Å². The number of halogens is 2. The molecule has 20 heavy (non-hydrogen) atoms. The van der Waals surface area contributed by atoms with E-state index in [4.69, 9.17) is 16.3 Å². The van der Waals surface area contributed by atoms with Gasteiger partial charge in [0, 0.05) is 12.1 Å². The van der Waals surface area contributed by atoms with Gasteiger partial charge in [-0.25, -0.2) is 4.39 Å². The monoisotopic (exact) mass is 293 g/mol. The lowest BCUT2D eigenvalue weighted by Gasteiger charge is -2.13. The second-order valence-electron chi connectivity index (χ2n) is 4.42. The molecule has 106 valence electrons. The highest BCUT2D eigenvalue weighted by molar-refractivity contribution is 6.32. The number of nitrogens with one attached hydrogen (secondary N) is 1. The summed E-state index contributed by atoms with van der Waals surface area (Å²) < 4.78 is 18.6. The summed E-state index contributed by atoms with van der Waals surface area (Å²) in [6.07, 6.45) is 0. The van der Waals surface area contributed by atoms with Gasteiger partial charge in [0.1, 0.15) is 18.2 Å². The molecule has 1 N–H and O–H groups in total. The Labute approximate surface area is 123 Å². The summed E-state index contributed by atoms with van der Waals surface area (Å²) >= 11 is 6.19. The van der Waals surface area contributed by atoms with Crippen LogP contribution in [-0.4, -0.2) is 6.54 Å². The quantitative estimate of drug-likeness (QED) is 0.863.